The van der Waals surface area contributed by atoms with Gasteiger partial charge < -0.3 is 5.32 Å². The number of rotatable bonds is 2. The summed E-state index contributed by atoms with van der Waals surface area (Å²) in [5.41, 5.74) is -0.336. The Hall–Kier alpha value is -0.900. The third kappa shape index (κ3) is 1.56. The monoisotopic (exact) mass is 222 g/mol. The lowest BCUT2D eigenvalue weighted by atomic mass is 9.77. The van der Waals surface area contributed by atoms with Gasteiger partial charge in [0.2, 0.25) is 11.8 Å². The molecule has 0 aromatic rings. The number of nitrogens with zero attached hydrogens (tertiary/aromatic N) is 1. The highest BCUT2D eigenvalue weighted by Crippen LogP contribution is 2.42. The summed E-state index contributed by atoms with van der Waals surface area (Å²) in [7, 11) is 0. The molecule has 1 spiro atoms. The molecule has 0 aromatic heterocycles. The fraction of sp³-hybridized carbons (Fsp3) is 0.833. The van der Waals surface area contributed by atoms with Crippen molar-refractivity contribution in [2.24, 2.45) is 11.3 Å². The minimum Gasteiger partial charge on any atom is -0.317 e. The van der Waals surface area contributed by atoms with Gasteiger partial charge in [-0.3, -0.25) is 14.5 Å². The number of likely N-dealkylation sites (tertiary alicyclic amines) is 1. The van der Waals surface area contributed by atoms with Crippen LogP contribution in [0, 0.1) is 11.3 Å². The van der Waals surface area contributed by atoms with E-state index in [-0.39, 0.29) is 17.2 Å². The molecule has 16 heavy (non-hydrogen) atoms. The van der Waals surface area contributed by atoms with Crippen LogP contribution >= 0.6 is 0 Å². The number of hydrogen-bond donors (Lipinski definition) is 1. The van der Waals surface area contributed by atoms with Crippen molar-refractivity contribution < 1.29 is 9.59 Å². The smallest absolute Gasteiger partial charge is 0.236 e. The summed E-state index contributed by atoms with van der Waals surface area (Å²) < 4.78 is 0. The average molecular weight is 222 g/mol. The van der Waals surface area contributed by atoms with Crippen LogP contribution in [0.5, 0.6) is 0 Å². The first-order chi connectivity index (χ1) is 7.71. The van der Waals surface area contributed by atoms with Gasteiger partial charge in [0, 0.05) is 13.0 Å². The summed E-state index contributed by atoms with van der Waals surface area (Å²) in [6.07, 6.45) is 4.49. The normalized spacial score (nSPS) is 29.1. The van der Waals surface area contributed by atoms with Crippen LogP contribution in [0.25, 0.3) is 0 Å². The van der Waals surface area contributed by atoms with Crippen molar-refractivity contribution in [2.75, 3.05) is 19.6 Å². The third-order valence-corrected chi connectivity index (χ3v) is 4.19. The molecule has 1 N–H and O–H groups in total. The molecule has 3 aliphatic rings. The van der Waals surface area contributed by atoms with Gasteiger partial charge in [0.1, 0.15) is 0 Å². The molecule has 2 saturated heterocycles. The molecule has 88 valence electrons. The minimum absolute atomic E-state index is 0.0683. The Bertz CT molecular complexity index is 330. The SMILES string of the molecule is O=C1CC2(CCNCC2)C(=O)N1CC1CC1. The summed E-state index contributed by atoms with van der Waals surface area (Å²) in [6.45, 7) is 2.43. The molecule has 1 aliphatic carbocycles. The van der Waals surface area contributed by atoms with E-state index in [0.717, 1.165) is 25.9 Å². The first-order valence-corrected chi connectivity index (χ1v) is 6.27. The second-order valence-corrected chi connectivity index (χ2v) is 5.46. The van der Waals surface area contributed by atoms with E-state index >= 15 is 0 Å². The fourth-order valence-electron chi connectivity index (χ4n) is 2.90. The topological polar surface area (TPSA) is 49.4 Å². The summed E-state index contributed by atoms with van der Waals surface area (Å²) in [5.74, 6) is 0.787. The number of carbonyl (C=O) groups excluding carboxylic acids is 2. The van der Waals surface area contributed by atoms with E-state index in [0.29, 0.717) is 18.9 Å². The number of nitrogens with one attached hydrogen (secondary N) is 1. The second-order valence-electron chi connectivity index (χ2n) is 5.46. The van der Waals surface area contributed by atoms with Crippen molar-refractivity contribution in [3.63, 3.8) is 0 Å². The zero-order valence-corrected chi connectivity index (χ0v) is 9.50. The molecule has 3 rings (SSSR count). The highest BCUT2D eigenvalue weighted by Gasteiger charge is 2.52. The van der Waals surface area contributed by atoms with E-state index in [4.69, 9.17) is 0 Å². The molecule has 0 radical (unpaired) electrons. The number of imide groups is 1. The van der Waals surface area contributed by atoms with Crippen molar-refractivity contribution in [3.8, 4) is 0 Å². The third-order valence-electron chi connectivity index (χ3n) is 4.19. The van der Waals surface area contributed by atoms with Crippen LogP contribution in [-0.2, 0) is 9.59 Å². The highest BCUT2D eigenvalue weighted by molar-refractivity contribution is 6.06. The van der Waals surface area contributed by atoms with Gasteiger partial charge in [0.05, 0.1) is 5.41 Å². The van der Waals surface area contributed by atoms with Gasteiger partial charge in [-0.25, -0.2) is 0 Å². The Morgan fingerprint density at radius 3 is 2.56 bits per heavy atom. The highest BCUT2D eigenvalue weighted by atomic mass is 16.2. The Morgan fingerprint density at radius 2 is 1.94 bits per heavy atom. The predicted molar refractivity (Wildman–Crippen MR) is 58.6 cm³/mol. The molecule has 2 amide bonds. The van der Waals surface area contributed by atoms with E-state index in [1.165, 1.54) is 12.8 Å². The summed E-state index contributed by atoms with van der Waals surface area (Å²) in [4.78, 5) is 25.8. The molecule has 0 aromatic carbocycles. The van der Waals surface area contributed by atoms with Crippen molar-refractivity contribution in [3.05, 3.63) is 0 Å². The van der Waals surface area contributed by atoms with Crippen LogP contribution in [0.2, 0.25) is 0 Å². The Morgan fingerprint density at radius 1 is 1.25 bits per heavy atom. The van der Waals surface area contributed by atoms with Crippen molar-refractivity contribution in [2.45, 2.75) is 32.1 Å². The maximum absolute atomic E-state index is 12.3. The van der Waals surface area contributed by atoms with E-state index in [9.17, 15) is 9.59 Å². The lowest BCUT2D eigenvalue weighted by Crippen LogP contribution is -2.43. The number of hydrogen-bond acceptors (Lipinski definition) is 3. The van der Waals surface area contributed by atoms with E-state index in [2.05, 4.69) is 5.32 Å². The summed E-state index contributed by atoms with van der Waals surface area (Å²) in [5, 5.41) is 3.26. The first-order valence-electron chi connectivity index (χ1n) is 6.27. The minimum atomic E-state index is -0.336. The van der Waals surface area contributed by atoms with E-state index in [1.807, 2.05) is 0 Å². The van der Waals surface area contributed by atoms with Gasteiger partial charge in [0.15, 0.2) is 0 Å². The second kappa shape index (κ2) is 3.55. The lowest BCUT2D eigenvalue weighted by Gasteiger charge is -2.31. The van der Waals surface area contributed by atoms with Gasteiger partial charge >= 0.3 is 0 Å². The largest absolute Gasteiger partial charge is 0.317 e. The molecule has 0 atom stereocenters. The van der Waals surface area contributed by atoms with Crippen molar-refractivity contribution in [1.82, 2.24) is 10.2 Å². The molecule has 3 fully saturated rings. The van der Waals surface area contributed by atoms with Crippen LogP contribution in [0.15, 0.2) is 0 Å². The maximum atomic E-state index is 12.3. The molecule has 4 nitrogen and oxygen atoms in total. The zero-order valence-electron chi connectivity index (χ0n) is 9.50. The molecular weight excluding hydrogens is 204 g/mol. The van der Waals surface area contributed by atoms with Crippen molar-refractivity contribution in [1.29, 1.82) is 0 Å². The van der Waals surface area contributed by atoms with Gasteiger partial charge in [-0.1, -0.05) is 0 Å². The number of piperidine rings is 1. The molecule has 1 saturated carbocycles. The van der Waals surface area contributed by atoms with E-state index < -0.39 is 0 Å². The summed E-state index contributed by atoms with van der Waals surface area (Å²) in [6, 6.07) is 0. The van der Waals surface area contributed by atoms with Crippen LogP contribution < -0.4 is 5.32 Å². The van der Waals surface area contributed by atoms with Crippen molar-refractivity contribution >= 4 is 11.8 Å². The lowest BCUT2D eigenvalue weighted by molar-refractivity contribution is -0.142. The molecule has 4 heteroatoms. The average Bonchev–Trinajstić information content (AvgIpc) is 3.06. The van der Waals surface area contributed by atoms with Crippen LogP contribution in [-0.4, -0.2) is 36.3 Å². The molecule has 0 bridgehead atoms. The molecule has 2 heterocycles. The molecular formula is C12H18N2O2. The maximum Gasteiger partial charge on any atom is 0.236 e. The molecule has 2 aliphatic heterocycles. The van der Waals surface area contributed by atoms with Gasteiger partial charge in [0.25, 0.3) is 0 Å². The van der Waals surface area contributed by atoms with E-state index in [1.54, 1.807) is 4.90 Å². The Labute approximate surface area is 95.4 Å². The Balaban J connectivity index is 1.77. The molecule has 0 unspecified atom stereocenters. The van der Waals surface area contributed by atoms with Gasteiger partial charge in [-0.05, 0) is 44.7 Å². The summed E-state index contributed by atoms with van der Waals surface area (Å²) >= 11 is 0. The van der Waals surface area contributed by atoms with Crippen LogP contribution in [0.1, 0.15) is 32.1 Å². The zero-order chi connectivity index (χ0) is 11.2. The van der Waals surface area contributed by atoms with Gasteiger partial charge in [-0.15, -0.1) is 0 Å². The van der Waals surface area contributed by atoms with Crippen LogP contribution in [0.3, 0.4) is 0 Å². The van der Waals surface area contributed by atoms with Gasteiger partial charge in [-0.2, -0.15) is 0 Å². The Kier molecular flexibility index (Phi) is 2.28. The standard InChI is InChI=1S/C12H18N2O2/c15-10-7-12(3-5-13-6-4-12)11(16)14(10)8-9-1-2-9/h9,13H,1-8H2. The number of amides is 2. The number of carbonyl (C=O) groups is 2. The first kappa shape index (κ1) is 10.3. The quantitative estimate of drug-likeness (QED) is 0.693. The predicted octanol–water partition coefficient (Wildman–Crippen LogP) is 0.525. The van der Waals surface area contributed by atoms with Crippen LogP contribution in [0.4, 0.5) is 0 Å². The fourth-order valence-corrected chi connectivity index (χ4v) is 2.90.